The molecule has 3 heterocycles. The molecule has 0 spiro atoms. The fourth-order valence-electron chi connectivity index (χ4n) is 3.14. The number of anilines is 2. The largest absolute Gasteiger partial charge is 0.273 e. The van der Waals surface area contributed by atoms with Gasteiger partial charge in [0.1, 0.15) is 10.8 Å². The maximum atomic E-state index is 13.1. The number of amides is 1. The fraction of sp³-hybridized carbons (Fsp3) is 0.263. The Kier molecular flexibility index (Phi) is 3.47. The van der Waals surface area contributed by atoms with Gasteiger partial charge in [-0.1, -0.05) is 12.1 Å². The third-order valence-electron chi connectivity index (χ3n) is 4.60. The van der Waals surface area contributed by atoms with E-state index in [2.05, 4.69) is 14.3 Å². The summed E-state index contributed by atoms with van der Waals surface area (Å²) in [6.45, 7) is 7.74. The Morgan fingerprint density at radius 3 is 2.40 bits per heavy atom. The summed E-state index contributed by atoms with van der Waals surface area (Å²) in [6.07, 6.45) is 3.63. The van der Waals surface area contributed by atoms with Gasteiger partial charge in [-0.15, -0.1) is 0 Å². The molecule has 0 aliphatic carbocycles. The molecule has 0 radical (unpaired) electrons. The Morgan fingerprint density at radius 1 is 1.04 bits per heavy atom. The molecule has 1 aliphatic heterocycles. The van der Waals surface area contributed by atoms with Gasteiger partial charge in [0.15, 0.2) is 0 Å². The van der Waals surface area contributed by atoms with Crippen LogP contribution in [0.4, 0.5) is 10.7 Å². The number of hydrogen-bond acceptors (Lipinski definition) is 5. The van der Waals surface area contributed by atoms with Gasteiger partial charge in [-0.3, -0.25) is 9.69 Å². The van der Waals surface area contributed by atoms with Crippen molar-refractivity contribution >= 4 is 28.1 Å². The zero-order chi connectivity index (χ0) is 17.8. The quantitative estimate of drug-likeness (QED) is 0.696. The first-order valence-electron chi connectivity index (χ1n) is 8.09. The smallest absolute Gasteiger partial charge is 0.242 e. The molecule has 0 N–H and O–H groups in total. The highest BCUT2D eigenvalue weighted by atomic mass is 32.1. The minimum Gasteiger partial charge on any atom is -0.273 e. The number of nitrogens with zero attached hydrogens (tertiary/aromatic N) is 4. The van der Waals surface area contributed by atoms with E-state index < -0.39 is 5.41 Å². The summed E-state index contributed by atoms with van der Waals surface area (Å²) < 4.78 is 4.33. The summed E-state index contributed by atoms with van der Waals surface area (Å²) in [5, 5.41) is 0.853. The van der Waals surface area contributed by atoms with Gasteiger partial charge in [0, 0.05) is 18.0 Å². The summed E-state index contributed by atoms with van der Waals surface area (Å²) >= 11 is 1.35. The number of carbonyl (C=O) groups is 1. The molecule has 0 unspecified atom stereocenters. The van der Waals surface area contributed by atoms with E-state index in [0.717, 1.165) is 38.9 Å². The maximum absolute atomic E-state index is 13.1. The molecule has 0 saturated heterocycles. The zero-order valence-corrected chi connectivity index (χ0v) is 15.4. The minimum absolute atomic E-state index is 0.0726. The molecule has 4 rings (SSSR count). The van der Waals surface area contributed by atoms with Crippen molar-refractivity contribution in [3.05, 3.63) is 53.7 Å². The van der Waals surface area contributed by atoms with Crippen LogP contribution in [-0.2, 0) is 10.2 Å². The number of benzene rings is 1. The number of fused-ring (bicyclic) bond motifs is 1. The highest BCUT2D eigenvalue weighted by molar-refractivity contribution is 7.10. The molecule has 0 saturated carbocycles. The van der Waals surface area contributed by atoms with Gasteiger partial charge in [-0.2, -0.15) is 4.37 Å². The van der Waals surface area contributed by atoms with Crippen molar-refractivity contribution in [1.29, 1.82) is 0 Å². The molecule has 126 valence electrons. The second-order valence-corrected chi connectivity index (χ2v) is 7.61. The van der Waals surface area contributed by atoms with Crippen LogP contribution < -0.4 is 4.90 Å². The summed E-state index contributed by atoms with van der Waals surface area (Å²) in [5.74, 6) is 0.812. The van der Waals surface area contributed by atoms with E-state index in [1.807, 2.05) is 64.4 Å². The predicted octanol–water partition coefficient (Wildman–Crippen LogP) is 4.17. The Balaban J connectivity index is 1.88. The average Bonchev–Trinajstić information content (AvgIpc) is 3.08. The van der Waals surface area contributed by atoms with Crippen molar-refractivity contribution < 1.29 is 4.79 Å². The summed E-state index contributed by atoms with van der Waals surface area (Å²) in [6, 6.07) is 8.07. The van der Waals surface area contributed by atoms with Crippen molar-refractivity contribution in [3.8, 4) is 11.1 Å². The average molecular weight is 350 g/mol. The van der Waals surface area contributed by atoms with E-state index in [1.165, 1.54) is 11.5 Å². The molecule has 1 amide bonds. The number of rotatable bonds is 2. The van der Waals surface area contributed by atoms with Crippen LogP contribution >= 0.6 is 11.5 Å². The van der Waals surface area contributed by atoms with Gasteiger partial charge in [0.05, 0.1) is 16.8 Å². The van der Waals surface area contributed by atoms with Crippen molar-refractivity contribution in [3.63, 3.8) is 0 Å². The molecular formula is C19H18N4OS. The van der Waals surface area contributed by atoms with Gasteiger partial charge >= 0.3 is 0 Å². The molecule has 5 nitrogen and oxygen atoms in total. The fourth-order valence-corrected chi connectivity index (χ4v) is 3.92. The number of hydrogen-bond donors (Lipinski definition) is 0. The highest BCUT2D eigenvalue weighted by Crippen LogP contribution is 2.47. The van der Waals surface area contributed by atoms with Crippen LogP contribution in [0.5, 0.6) is 0 Å². The topological polar surface area (TPSA) is 59.0 Å². The van der Waals surface area contributed by atoms with Gasteiger partial charge in [-0.25, -0.2) is 9.97 Å². The van der Waals surface area contributed by atoms with Crippen molar-refractivity contribution in [2.45, 2.75) is 33.1 Å². The second-order valence-electron chi connectivity index (χ2n) is 6.82. The lowest BCUT2D eigenvalue weighted by Gasteiger charge is -2.18. The first-order chi connectivity index (χ1) is 11.9. The normalized spacial score (nSPS) is 15.5. The first-order valence-corrected chi connectivity index (χ1v) is 8.86. The van der Waals surface area contributed by atoms with E-state index >= 15 is 0 Å². The van der Waals surface area contributed by atoms with Gasteiger partial charge in [-0.05, 0) is 62.5 Å². The van der Waals surface area contributed by atoms with Crippen molar-refractivity contribution in [1.82, 2.24) is 14.3 Å². The van der Waals surface area contributed by atoms with E-state index in [9.17, 15) is 4.79 Å². The standard InChI is InChI=1S/C19H18N4OS/c1-11-7-17(25-22-11)23-16-8-13(14-9-20-12(2)21-10-14)5-6-15(16)19(3,4)18(23)24/h5-10H,1-4H3. The highest BCUT2D eigenvalue weighted by Gasteiger charge is 2.45. The SMILES string of the molecule is Cc1cc(N2C(=O)C(C)(C)c3ccc(-c4cnc(C)nc4)cc32)sn1. The van der Waals surface area contributed by atoms with Crippen LogP contribution in [0.15, 0.2) is 36.7 Å². The van der Waals surface area contributed by atoms with Crippen LogP contribution in [-0.4, -0.2) is 20.2 Å². The molecule has 3 aromatic rings. The molecule has 0 fully saturated rings. The molecule has 1 aliphatic rings. The third-order valence-corrected chi connectivity index (χ3v) is 5.47. The van der Waals surface area contributed by atoms with Crippen molar-refractivity contribution in [2.24, 2.45) is 0 Å². The van der Waals surface area contributed by atoms with Crippen molar-refractivity contribution in [2.75, 3.05) is 4.90 Å². The molecule has 25 heavy (non-hydrogen) atoms. The van der Waals surface area contributed by atoms with E-state index in [-0.39, 0.29) is 5.91 Å². The van der Waals surface area contributed by atoms with E-state index in [0.29, 0.717) is 0 Å². The molecular weight excluding hydrogens is 332 g/mol. The van der Waals surface area contributed by atoms with Crippen LogP contribution in [0.3, 0.4) is 0 Å². The lowest BCUT2D eigenvalue weighted by atomic mass is 9.85. The Morgan fingerprint density at radius 2 is 1.76 bits per heavy atom. The number of carbonyl (C=O) groups excluding carboxylic acids is 1. The lowest BCUT2D eigenvalue weighted by Crippen LogP contribution is -2.32. The third kappa shape index (κ3) is 2.44. The van der Waals surface area contributed by atoms with E-state index in [4.69, 9.17) is 0 Å². The Labute approximate surface area is 150 Å². The van der Waals surface area contributed by atoms with Gasteiger partial charge < -0.3 is 0 Å². The number of aryl methyl sites for hydroxylation is 2. The van der Waals surface area contributed by atoms with Crippen LogP contribution in [0.1, 0.15) is 30.9 Å². The van der Waals surface area contributed by atoms with Crippen LogP contribution in [0.2, 0.25) is 0 Å². The lowest BCUT2D eigenvalue weighted by molar-refractivity contribution is -0.121. The monoisotopic (exact) mass is 350 g/mol. The molecule has 2 aromatic heterocycles. The second kappa shape index (κ2) is 5.46. The first kappa shape index (κ1) is 15.9. The maximum Gasteiger partial charge on any atom is 0.242 e. The van der Waals surface area contributed by atoms with Gasteiger partial charge in [0.25, 0.3) is 0 Å². The Hall–Kier alpha value is -2.60. The van der Waals surface area contributed by atoms with Gasteiger partial charge in [0.2, 0.25) is 5.91 Å². The van der Waals surface area contributed by atoms with Crippen LogP contribution in [0.25, 0.3) is 11.1 Å². The van der Waals surface area contributed by atoms with Crippen LogP contribution in [0, 0.1) is 13.8 Å². The predicted molar refractivity (Wildman–Crippen MR) is 99.2 cm³/mol. The number of aromatic nitrogens is 3. The molecule has 0 bridgehead atoms. The Bertz CT molecular complexity index is 975. The molecule has 1 aromatic carbocycles. The van der Waals surface area contributed by atoms with E-state index in [1.54, 1.807) is 4.90 Å². The summed E-state index contributed by atoms with van der Waals surface area (Å²) in [4.78, 5) is 23.4. The zero-order valence-electron chi connectivity index (χ0n) is 14.6. The summed E-state index contributed by atoms with van der Waals surface area (Å²) in [5.41, 5.74) is 4.23. The summed E-state index contributed by atoms with van der Waals surface area (Å²) in [7, 11) is 0. The molecule has 0 atom stereocenters. The minimum atomic E-state index is -0.560. The molecule has 6 heteroatoms.